The SMILES string of the molecule is C=C1/C=C(Cc2ccccc2C)\C=N/CN/C=C\1C(=O)NCc1ccccc1. The summed E-state index contributed by atoms with van der Waals surface area (Å²) in [4.78, 5) is 17.1. The Morgan fingerprint density at radius 1 is 1.14 bits per heavy atom. The smallest absolute Gasteiger partial charge is 0.253 e. The fourth-order valence-corrected chi connectivity index (χ4v) is 3.00. The molecule has 2 aromatic rings. The highest BCUT2D eigenvalue weighted by atomic mass is 16.1. The third kappa shape index (κ3) is 5.30. The zero-order chi connectivity index (χ0) is 19.8. The summed E-state index contributed by atoms with van der Waals surface area (Å²) >= 11 is 0. The topological polar surface area (TPSA) is 53.5 Å². The van der Waals surface area contributed by atoms with E-state index in [9.17, 15) is 4.79 Å². The molecule has 1 heterocycles. The maximum atomic E-state index is 12.7. The minimum atomic E-state index is -0.158. The van der Waals surface area contributed by atoms with Crippen molar-refractivity contribution >= 4 is 12.1 Å². The second-order valence-corrected chi connectivity index (χ2v) is 6.75. The standard InChI is InChI=1S/C24H25N3O/c1-18-8-6-7-11-22(18)13-21-12-19(2)23(16-26-17-25-14-21)24(28)27-15-20-9-4-3-5-10-20/h3-12,14,16,26H,2,13,15,17H2,1H3,(H,27,28)/b21-12-,23-16+,25-14-. The van der Waals surface area contributed by atoms with Crippen LogP contribution in [0.3, 0.4) is 0 Å². The summed E-state index contributed by atoms with van der Waals surface area (Å²) in [6.45, 7) is 7.10. The van der Waals surface area contributed by atoms with Crippen molar-refractivity contribution in [2.45, 2.75) is 19.9 Å². The van der Waals surface area contributed by atoms with E-state index in [0.29, 0.717) is 24.4 Å². The minimum Gasteiger partial charge on any atom is -0.372 e. The molecular formula is C24H25N3O. The molecule has 3 rings (SSSR count). The Morgan fingerprint density at radius 2 is 1.89 bits per heavy atom. The lowest BCUT2D eigenvalue weighted by Gasteiger charge is -2.11. The number of aliphatic imine (C=N–C) groups is 1. The second-order valence-electron chi connectivity index (χ2n) is 6.75. The molecule has 0 bridgehead atoms. The number of allylic oxidation sites excluding steroid dienone is 2. The van der Waals surface area contributed by atoms with Crippen LogP contribution < -0.4 is 10.6 Å². The van der Waals surface area contributed by atoms with Crippen LogP contribution in [-0.2, 0) is 17.8 Å². The largest absolute Gasteiger partial charge is 0.372 e. The van der Waals surface area contributed by atoms with Crippen molar-refractivity contribution in [3.63, 3.8) is 0 Å². The number of carbonyl (C=O) groups is 1. The minimum absolute atomic E-state index is 0.158. The van der Waals surface area contributed by atoms with Gasteiger partial charge in [0.05, 0.1) is 5.57 Å². The zero-order valence-electron chi connectivity index (χ0n) is 16.1. The van der Waals surface area contributed by atoms with Crippen molar-refractivity contribution in [1.29, 1.82) is 0 Å². The Kier molecular flexibility index (Phi) is 6.58. The molecule has 0 aliphatic carbocycles. The molecule has 2 aromatic carbocycles. The van der Waals surface area contributed by atoms with Gasteiger partial charge in [-0.1, -0.05) is 61.2 Å². The van der Waals surface area contributed by atoms with Crippen LogP contribution in [0.25, 0.3) is 0 Å². The van der Waals surface area contributed by atoms with Gasteiger partial charge in [-0.05, 0) is 47.3 Å². The van der Waals surface area contributed by atoms with E-state index in [0.717, 1.165) is 17.6 Å². The second kappa shape index (κ2) is 9.51. The number of nitrogens with one attached hydrogen (secondary N) is 2. The predicted molar refractivity (Wildman–Crippen MR) is 115 cm³/mol. The molecule has 4 nitrogen and oxygen atoms in total. The Morgan fingerprint density at radius 3 is 2.68 bits per heavy atom. The first-order valence-electron chi connectivity index (χ1n) is 9.33. The normalized spacial score (nSPS) is 19.0. The van der Waals surface area contributed by atoms with Gasteiger partial charge >= 0.3 is 0 Å². The van der Waals surface area contributed by atoms with Crippen molar-refractivity contribution in [2.24, 2.45) is 4.99 Å². The Balaban J connectivity index is 1.74. The van der Waals surface area contributed by atoms with Gasteiger partial charge in [-0.3, -0.25) is 9.79 Å². The summed E-state index contributed by atoms with van der Waals surface area (Å²) < 4.78 is 0. The lowest BCUT2D eigenvalue weighted by Crippen LogP contribution is -2.26. The Labute approximate surface area is 166 Å². The molecule has 1 aliphatic rings. The van der Waals surface area contributed by atoms with Gasteiger partial charge in [0, 0.05) is 19.0 Å². The van der Waals surface area contributed by atoms with E-state index >= 15 is 0 Å². The van der Waals surface area contributed by atoms with E-state index in [4.69, 9.17) is 0 Å². The lowest BCUT2D eigenvalue weighted by molar-refractivity contribution is -0.117. The van der Waals surface area contributed by atoms with Crippen molar-refractivity contribution in [3.8, 4) is 0 Å². The van der Waals surface area contributed by atoms with E-state index in [1.807, 2.05) is 54.8 Å². The summed E-state index contributed by atoms with van der Waals surface area (Å²) in [5.41, 5.74) is 5.72. The van der Waals surface area contributed by atoms with Gasteiger partial charge in [0.15, 0.2) is 0 Å². The zero-order valence-corrected chi connectivity index (χ0v) is 16.1. The molecule has 0 atom stereocenters. The average molecular weight is 371 g/mol. The van der Waals surface area contributed by atoms with Gasteiger partial charge in [0.2, 0.25) is 0 Å². The maximum Gasteiger partial charge on any atom is 0.253 e. The van der Waals surface area contributed by atoms with Crippen LogP contribution in [0.1, 0.15) is 16.7 Å². The number of rotatable bonds is 5. The molecule has 0 unspecified atom stereocenters. The molecule has 1 amide bonds. The van der Waals surface area contributed by atoms with E-state index in [2.05, 4.69) is 41.3 Å². The highest BCUT2D eigenvalue weighted by Gasteiger charge is 2.13. The summed E-state index contributed by atoms with van der Waals surface area (Å²) in [6.07, 6.45) is 6.22. The first-order valence-corrected chi connectivity index (χ1v) is 9.33. The quantitative estimate of drug-likeness (QED) is 0.839. The summed E-state index contributed by atoms with van der Waals surface area (Å²) in [6, 6.07) is 18.1. The Bertz CT molecular complexity index is 939. The number of amides is 1. The molecule has 28 heavy (non-hydrogen) atoms. The van der Waals surface area contributed by atoms with Crippen molar-refractivity contribution in [3.05, 3.63) is 107 Å². The van der Waals surface area contributed by atoms with Gasteiger partial charge in [-0.15, -0.1) is 0 Å². The first-order chi connectivity index (χ1) is 13.6. The van der Waals surface area contributed by atoms with E-state index < -0.39 is 0 Å². The van der Waals surface area contributed by atoms with Crippen LogP contribution in [0.5, 0.6) is 0 Å². The van der Waals surface area contributed by atoms with Crippen LogP contribution >= 0.6 is 0 Å². The molecule has 142 valence electrons. The van der Waals surface area contributed by atoms with Crippen molar-refractivity contribution in [1.82, 2.24) is 10.6 Å². The molecule has 1 aliphatic heterocycles. The molecule has 0 saturated carbocycles. The van der Waals surface area contributed by atoms with Crippen molar-refractivity contribution in [2.75, 3.05) is 6.67 Å². The molecular weight excluding hydrogens is 346 g/mol. The summed E-state index contributed by atoms with van der Waals surface area (Å²) in [5.74, 6) is -0.158. The van der Waals surface area contributed by atoms with Gasteiger partial charge < -0.3 is 10.6 Å². The highest BCUT2D eigenvalue weighted by Crippen LogP contribution is 2.17. The third-order valence-electron chi connectivity index (χ3n) is 4.59. The monoisotopic (exact) mass is 371 g/mol. The molecule has 0 aromatic heterocycles. The van der Waals surface area contributed by atoms with Crippen LogP contribution in [0.15, 0.2) is 95.2 Å². The van der Waals surface area contributed by atoms with Gasteiger partial charge in [0.1, 0.15) is 6.67 Å². The molecule has 2 N–H and O–H groups in total. The number of carbonyl (C=O) groups excluding carboxylic acids is 1. The number of aryl methyl sites for hydroxylation is 1. The third-order valence-corrected chi connectivity index (χ3v) is 4.59. The summed E-state index contributed by atoms with van der Waals surface area (Å²) in [5, 5.41) is 6.03. The molecule has 0 saturated heterocycles. The predicted octanol–water partition coefficient (Wildman–Crippen LogP) is 3.85. The average Bonchev–Trinajstić information content (AvgIpc) is 2.79. The number of nitrogens with zero attached hydrogens (tertiary/aromatic N) is 1. The fourth-order valence-electron chi connectivity index (χ4n) is 3.00. The molecule has 0 radical (unpaired) electrons. The van der Waals surface area contributed by atoms with Crippen LogP contribution in [-0.4, -0.2) is 18.8 Å². The van der Waals surface area contributed by atoms with Gasteiger partial charge in [-0.25, -0.2) is 0 Å². The fraction of sp³-hybridized carbons (Fsp3) is 0.167. The number of benzene rings is 2. The highest BCUT2D eigenvalue weighted by molar-refractivity contribution is 5.99. The van der Waals surface area contributed by atoms with E-state index in [1.54, 1.807) is 6.20 Å². The summed E-state index contributed by atoms with van der Waals surface area (Å²) in [7, 11) is 0. The molecule has 0 spiro atoms. The van der Waals surface area contributed by atoms with Crippen LogP contribution in [0.4, 0.5) is 0 Å². The van der Waals surface area contributed by atoms with Gasteiger partial charge in [-0.2, -0.15) is 0 Å². The lowest BCUT2D eigenvalue weighted by atomic mass is 9.98. The van der Waals surface area contributed by atoms with E-state index in [-0.39, 0.29) is 5.91 Å². The van der Waals surface area contributed by atoms with Crippen LogP contribution in [0.2, 0.25) is 0 Å². The Hall–Kier alpha value is -3.40. The number of hydrogen-bond acceptors (Lipinski definition) is 3. The molecule has 0 fully saturated rings. The number of hydrogen-bond donors (Lipinski definition) is 2. The maximum absolute atomic E-state index is 12.7. The van der Waals surface area contributed by atoms with Crippen LogP contribution in [0, 0.1) is 6.92 Å². The van der Waals surface area contributed by atoms with E-state index in [1.165, 1.54) is 11.1 Å². The molecule has 4 heteroatoms. The van der Waals surface area contributed by atoms with Gasteiger partial charge in [0.25, 0.3) is 5.91 Å². The van der Waals surface area contributed by atoms with Crippen molar-refractivity contribution < 1.29 is 4.79 Å². The first kappa shape index (κ1) is 19.4.